The minimum Gasteiger partial charge on any atom is -0.480 e. The third kappa shape index (κ3) is 10.9. The van der Waals surface area contributed by atoms with E-state index in [1.54, 1.807) is 16.4 Å². The van der Waals surface area contributed by atoms with Gasteiger partial charge in [0.05, 0.1) is 5.75 Å². The van der Waals surface area contributed by atoms with Gasteiger partial charge < -0.3 is 10.4 Å². The Bertz CT molecular complexity index is 1290. The number of carboxylic acids is 1. The largest absolute Gasteiger partial charge is 0.480 e. The first-order chi connectivity index (χ1) is 20.7. The minimum atomic E-state index is -3.45. The lowest BCUT2D eigenvalue weighted by atomic mass is 9.86. The number of amides is 1. The molecular formula is C34H50N2O5S2. The van der Waals surface area contributed by atoms with E-state index in [1.807, 2.05) is 50.4 Å². The van der Waals surface area contributed by atoms with Crippen LogP contribution in [-0.4, -0.2) is 60.1 Å². The van der Waals surface area contributed by atoms with Gasteiger partial charge >= 0.3 is 5.97 Å². The molecule has 1 aliphatic carbocycles. The molecule has 7 nitrogen and oxygen atoms in total. The molecule has 0 bridgehead atoms. The van der Waals surface area contributed by atoms with Gasteiger partial charge in [-0.3, -0.25) is 4.79 Å². The predicted octanol–water partition coefficient (Wildman–Crippen LogP) is 7.28. The van der Waals surface area contributed by atoms with Gasteiger partial charge in [0, 0.05) is 18.7 Å². The average Bonchev–Trinajstić information content (AvgIpc) is 3.00. The summed E-state index contributed by atoms with van der Waals surface area (Å²) >= 11 is 1.53. The second kappa shape index (κ2) is 17.8. The fraction of sp³-hybridized carbons (Fsp3) is 0.588. The van der Waals surface area contributed by atoms with E-state index in [0.29, 0.717) is 36.3 Å². The number of hydrogen-bond acceptors (Lipinski definition) is 5. The predicted molar refractivity (Wildman–Crippen MR) is 178 cm³/mol. The lowest BCUT2D eigenvalue weighted by Gasteiger charge is -2.25. The third-order valence-electron chi connectivity index (χ3n) is 8.48. The van der Waals surface area contributed by atoms with Gasteiger partial charge in [-0.1, -0.05) is 88.6 Å². The number of aliphatic carboxylic acids is 1. The summed E-state index contributed by atoms with van der Waals surface area (Å²) in [6.45, 7) is 4.69. The number of nitrogens with zero attached hydrogens (tertiary/aromatic N) is 1. The molecule has 1 saturated carbocycles. The zero-order valence-electron chi connectivity index (χ0n) is 26.1. The number of carboxylic acid groups (broad SMARTS) is 1. The molecule has 238 valence electrons. The summed E-state index contributed by atoms with van der Waals surface area (Å²) in [5.74, 6) is 0.00491. The maximum absolute atomic E-state index is 13.5. The number of carbonyl (C=O) groups is 2. The number of benzene rings is 2. The summed E-state index contributed by atoms with van der Waals surface area (Å²) in [5.41, 5.74) is 3.69. The summed E-state index contributed by atoms with van der Waals surface area (Å²) in [5, 5.41) is 12.4. The van der Waals surface area contributed by atoms with Crippen molar-refractivity contribution >= 4 is 33.7 Å². The molecule has 0 aromatic heterocycles. The lowest BCUT2D eigenvalue weighted by molar-refractivity contribution is -0.139. The van der Waals surface area contributed by atoms with Gasteiger partial charge in [-0.25, -0.2) is 13.2 Å². The van der Waals surface area contributed by atoms with Gasteiger partial charge in [-0.15, -0.1) is 0 Å². The van der Waals surface area contributed by atoms with Crippen molar-refractivity contribution in [3.05, 3.63) is 59.2 Å². The number of unbranched alkanes of at least 4 members (excludes halogenated alkanes) is 2. The van der Waals surface area contributed by atoms with Gasteiger partial charge in [-0.05, 0) is 78.5 Å². The van der Waals surface area contributed by atoms with Crippen molar-refractivity contribution in [2.24, 2.45) is 5.92 Å². The molecule has 0 heterocycles. The zero-order chi connectivity index (χ0) is 31.2. The maximum Gasteiger partial charge on any atom is 0.326 e. The molecule has 1 amide bonds. The summed E-state index contributed by atoms with van der Waals surface area (Å²) in [6, 6.07) is 12.2. The van der Waals surface area contributed by atoms with E-state index in [0.717, 1.165) is 41.9 Å². The number of carbonyl (C=O) groups excluding carboxylic acids is 1. The van der Waals surface area contributed by atoms with E-state index in [-0.39, 0.29) is 12.3 Å². The Morgan fingerprint density at radius 2 is 1.79 bits per heavy atom. The quantitative estimate of drug-likeness (QED) is 0.168. The van der Waals surface area contributed by atoms with E-state index in [4.69, 9.17) is 0 Å². The van der Waals surface area contributed by atoms with Crippen LogP contribution in [0.3, 0.4) is 0 Å². The second-order valence-electron chi connectivity index (χ2n) is 11.8. The Kier molecular flexibility index (Phi) is 14.6. The molecule has 1 fully saturated rings. The molecule has 1 aliphatic rings. The van der Waals surface area contributed by atoms with Crippen LogP contribution < -0.4 is 5.32 Å². The number of nitrogens with one attached hydrogen (secondary N) is 1. The van der Waals surface area contributed by atoms with Crippen molar-refractivity contribution in [2.75, 3.05) is 24.3 Å². The van der Waals surface area contributed by atoms with E-state index in [9.17, 15) is 23.1 Å². The number of rotatable bonds is 18. The average molecular weight is 631 g/mol. The number of aryl methyl sites for hydroxylation is 1. The zero-order valence-corrected chi connectivity index (χ0v) is 27.8. The molecule has 0 radical (unpaired) electrons. The van der Waals surface area contributed by atoms with Crippen molar-refractivity contribution in [2.45, 2.75) is 97.1 Å². The number of sulfonamides is 1. The van der Waals surface area contributed by atoms with Crippen molar-refractivity contribution in [3.8, 4) is 11.1 Å². The van der Waals surface area contributed by atoms with Crippen molar-refractivity contribution in [1.82, 2.24) is 9.62 Å². The molecule has 0 aliphatic heterocycles. The number of hydrogen-bond donors (Lipinski definition) is 2. The van der Waals surface area contributed by atoms with Gasteiger partial charge in [0.25, 0.3) is 5.91 Å². The van der Waals surface area contributed by atoms with Crippen LogP contribution in [0.4, 0.5) is 0 Å². The van der Waals surface area contributed by atoms with E-state index in [2.05, 4.69) is 5.32 Å². The van der Waals surface area contributed by atoms with Gasteiger partial charge in [0.1, 0.15) is 6.04 Å². The molecule has 2 N–H and O–H groups in total. The first-order valence-electron chi connectivity index (χ1n) is 15.9. The standard InChI is InChI=1S/C34H50N2O5S2/c1-4-5-23-43(40,41)36(21-12-11-16-27-14-7-6-8-15-27)25-28-18-19-30(31(24-28)29-17-10-9-13-26(29)2)33(37)35-32(34(38)39)20-22-42-3/h9-10,13,17-19,24,27,32H,4-8,11-12,14-16,20-23,25H2,1-3H3,(H,35,37)(H,38,39)/t32-/m0/s1. The fourth-order valence-electron chi connectivity index (χ4n) is 5.89. The van der Waals surface area contributed by atoms with Crippen LogP contribution in [-0.2, 0) is 21.4 Å². The Balaban J connectivity index is 1.87. The highest BCUT2D eigenvalue weighted by Gasteiger charge is 2.25. The highest BCUT2D eigenvalue weighted by atomic mass is 32.2. The van der Waals surface area contributed by atoms with E-state index >= 15 is 0 Å². The Morgan fingerprint density at radius 1 is 1.05 bits per heavy atom. The monoisotopic (exact) mass is 630 g/mol. The van der Waals surface area contributed by atoms with Crippen LogP contribution >= 0.6 is 11.8 Å². The molecule has 43 heavy (non-hydrogen) atoms. The smallest absolute Gasteiger partial charge is 0.326 e. The van der Waals surface area contributed by atoms with Gasteiger partial charge in [-0.2, -0.15) is 16.1 Å². The number of thioether (sulfide) groups is 1. The minimum absolute atomic E-state index is 0.129. The Hall–Kier alpha value is -2.36. The molecule has 0 unspecified atom stereocenters. The Labute approximate surface area is 263 Å². The van der Waals surface area contributed by atoms with Crippen LogP contribution in [0.25, 0.3) is 11.1 Å². The highest BCUT2D eigenvalue weighted by molar-refractivity contribution is 7.98. The van der Waals surface area contributed by atoms with Crippen LogP contribution in [0.2, 0.25) is 0 Å². The summed E-state index contributed by atoms with van der Waals surface area (Å²) < 4.78 is 28.5. The Morgan fingerprint density at radius 3 is 2.47 bits per heavy atom. The molecule has 9 heteroatoms. The van der Waals surface area contributed by atoms with Gasteiger partial charge in [0.15, 0.2) is 0 Å². The second-order valence-corrected chi connectivity index (χ2v) is 14.9. The van der Waals surface area contributed by atoms with Crippen LogP contribution in [0.1, 0.15) is 99.0 Å². The van der Waals surface area contributed by atoms with Gasteiger partial charge in [0.2, 0.25) is 10.0 Å². The van der Waals surface area contributed by atoms with Crippen LogP contribution in [0.15, 0.2) is 42.5 Å². The van der Waals surface area contributed by atoms with Crippen molar-refractivity contribution in [3.63, 3.8) is 0 Å². The first kappa shape index (κ1) is 35.1. The van der Waals surface area contributed by atoms with Crippen molar-refractivity contribution in [1.29, 1.82) is 0 Å². The molecule has 2 aromatic rings. The van der Waals surface area contributed by atoms with Crippen LogP contribution in [0, 0.1) is 12.8 Å². The molecule has 2 aromatic carbocycles. The summed E-state index contributed by atoms with van der Waals surface area (Å²) in [7, 11) is -3.45. The molecule has 0 saturated heterocycles. The highest BCUT2D eigenvalue weighted by Crippen LogP contribution is 2.30. The molecule has 0 spiro atoms. The van der Waals surface area contributed by atoms with E-state index in [1.165, 1.54) is 50.3 Å². The maximum atomic E-state index is 13.5. The SMILES string of the molecule is CCCCS(=O)(=O)N(CCCCC1CCCCC1)Cc1ccc(C(=O)N[C@@H](CCSC)C(=O)O)c(-c2ccccc2C)c1. The normalized spacial score (nSPS) is 15.0. The third-order valence-corrected chi connectivity index (χ3v) is 11.0. The van der Waals surface area contributed by atoms with Crippen LogP contribution in [0.5, 0.6) is 0 Å². The lowest BCUT2D eigenvalue weighted by Crippen LogP contribution is -2.41. The van der Waals surface area contributed by atoms with E-state index < -0.39 is 27.9 Å². The molecular weight excluding hydrogens is 581 g/mol. The first-order valence-corrected chi connectivity index (χ1v) is 18.9. The topological polar surface area (TPSA) is 104 Å². The summed E-state index contributed by atoms with van der Waals surface area (Å²) in [4.78, 5) is 25.3. The fourth-order valence-corrected chi connectivity index (χ4v) is 8.02. The van der Waals surface area contributed by atoms with Crippen molar-refractivity contribution < 1.29 is 23.1 Å². The molecule has 3 rings (SSSR count). The summed E-state index contributed by atoms with van der Waals surface area (Å²) in [6.07, 6.45) is 13.2. The molecule has 1 atom stereocenters.